The van der Waals surface area contributed by atoms with Crippen molar-refractivity contribution in [2.24, 2.45) is 0 Å². The zero-order valence-corrected chi connectivity index (χ0v) is 12.6. The van der Waals surface area contributed by atoms with Crippen LogP contribution < -0.4 is 5.32 Å². The minimum Gasteiger partial charge on any atom is -0.371 e. The molecule has 23 heavy (non-hydrogen) atoms. The number of aromatic nitrogens is 2. The van der Waals surface area contributed by atoms with Crippen LogP contribution in [-0.4, -0.2) is 22.5 Å². The lowest BCUT2D eigenvalue weighted by molar-refractivity contribution is -0.137. The smallest absolute Gasteiger partial charge is 0.371 e. The maximum atomic E-state index is 12.6. The fraction of sp³-hybridized carbons (Fsp3) is 0.357. The van der Waals surface area contributed by atoms with Crippen molar-refractivity contribution in [1.29, 1.82) is 0 Å². The molecule has 9 heteroatoms. The Hall–Kier alpha value is -2.00. The minimum absolute atomic E-state index is 0.103. The minimum atomic E-state index is -4.49. The highest BCUT2D eigenvalue weighted by atomic mass is 32.1. The van der Waals surface area contributed by atoms with Gasteiger partial charge in [0.15, 0.2) is 0 Å². The normalized spacial score (nSPS) is 18.1. The van der Waals surface area contributed by atoms with Gasteiger partial charge in [0.1, 0.15) is 22.6 Å². The van der Waals surface area contributed by atoms with E-state index in [1.807, 2.05) is 0 Å². The van der Waals surface area contributed by atoms with Crippen molar-refractivity contribution >= 4 is 23.1 Å². The van der Waals surface area contributed by atoms with Gasteiger partial charge in [-0.05, 0) is 25.0 Å². The standard InChI is InChI=1S/C14H12F3N3O2S/c15-14(16,17)8-3-4-18-11(6-8)20-12(21)9-7-23-13(19-9)10-2-1-5-22-10/h3-4,6-7,10H,1-2,5H2,(H,18,20,21)/t10-/m0/s1. The quantitative estimate of drug-likeness (QED) is 0.924. The number of amides is 1. The zero-order valence-electron chi connectivity index (χ0n) is 11.8. The first-order chi connectivity index (χ1) is 10.9. The molecule has 1 aliphatic rings. The van der Waals surface area contributed by atoms with Crippen molar-refractivity contribution in [2.75, 3.05) is 11.9 Å². The molecule has 5 nitrogen and oxygen atoms in total. The molecule has 3 rings (SSSR count). The number of anilines is 1. The fourth-order valence-corrected chi connectivity index (χ4v) is 3.05. The largest absolute Gasteiger partial charge is 0.416 e. The summed E-state index contributed by atoms with van der Waals surface area (Å²) in [5, 5.41) is 4.58. The molecular weight excluding hydrogens is 331 g/mol. The maximum Gasteiger partial charge on any atom is 0.416 e. The van der Waals surface area contributed by atoms with E-state index in [-0.39, 0.29) is 17.6 Å². The van der Waals surface area contributed by atoms with Gasteiger partial charge in [0.05, 0.1) is 5.56 Å². The molecule has 0 aromatic carbocycles. The Morgan fingerprint density at radius 3 is 2.96 bits per heavy atom. The first-order valence-corrected chi connectivity index (χ1v) is 7.73. The van der Waals surface area contributed by atoms with Crippen LogP contribution in [0.1, 0.15) is 40.0 Å². The lowest BCUT2D eigenvalue weighted by atomic mass is 10.2. The molecule has 1 saturated heterocycles. The molecule has 0 saturated carbocycles. The average molecular weight is 343 g/mol. The average Bonchev–Trinajstić information content (AvgIpc) is 3.18. The second kappa shape index (κ2) is 6.25. The van der Waals surface area contributed by atoms with Gasteiger partial charge in [-0.1, -0.05) is 0 Å². The van der Waals surface area contributed by atoms with Crippen molar-refractivity contribution in [2.45, 2.75) is 25.1 Å². The molecule has 1 fully saturated rings. The Morgan fingerprint density at radius 2 is 2.26 bits per heavy atom. The topological polar surface area (TPSA) is 64.1 Å². The van der Waals surface area contributed by atoms with Crippen molar-refractivity contribution < 1.29 is 22.7 Å². The lowest BCUT2D eigenvalue weighted by Crippen LogP contribution is -2.15. The number of rotatable bonds is 3. The maximum absolute atomic E-state index is 12.6. The van der Waals surface area contributed by atoms with Crippen LogP contribution in [0.15, 0.2) is 23.7 Å². The van der Waals surface area contributed by atoms with E-state index in [0.29, 0.717) is 11.6 Å². The summed E-state index contributed by atoms with van der Waals surface area (Å²) < 4.78 is 43.4. The van der Waals surface area contributed by atoms with Gasteiger partial charge in [-0.2, -0.15) is 13.2 Å². The predicted octanol–water partition coefficient (Wildman–Crippen LogP) is 3.66. The summed E-state index contributed by atoms with van der Waals surface area (Å²) in [5.74, 6) is -0.770. The number of hydrogen-bond donors (Lipinski definition) is 1. The van der Waals surface area contributed by atoms with Crippen LogP contribution in [0.4, 0.5) is 19.0 Å². The van der Waals surface area contributed by atoms with Crippen LogP contribution in [0.25, 0.3) is 0 Å². The Labute approximate surface area is 133 Å². The number of carbonyl (C=O) groups excluding carboxylic acids is 1. The van der Waals surface area contributed by atoms with Gasteiger partial charge in [-0.25, -0.2) is 9.97 Å². The van der Waals surface area contributed by atoms with E-state index in [4.69, 9.17) is 4.74 Å². The van der Waals surface area contributed by atoms with E-state index in [0.717, 1.165) is 31.2 Å². The van der Waals surface area contributed by atoms with Crippen LogP contribution in [0.2, 0.25) is 0 Å². The lowest BCUT2D eigenvalue weighted by Gasteiger charge is -2.08. The van der Waals surface area contributed by atoms with E-state index in [1.54, 1.807) is 5.38 Å². The van der Waals surface area contributed by atoms with E-state index in [1.165, 1.54) is 11.3 Å². The SMILES string of the molecule is O=C(Nc1cc(C(F)(F)F)ccn1)c1csc([C@@H]2CCCO2)n1. The predicted molar refractivity (Wildman–Crippen MR) is 77.2 cm³/mol. The Balaban J connectivity index is 1.72. The van der Waals surface area contributed by atoms with Crippen LogP contribution in [-0.2, 0) is 10.9 Å². The number of halogens is 3. The molecule has 0 bridgehead atoms. The molecule has 1 aliphatic heterocycles. The number of nitrogens with one attached hydrogen (secondary N) is 1. The molecule has 1 N–H and O–H groups in total. The van der Waals surface area contributed by atoms with Gasteiger partial charge in [0.25, 0.3) is 5.91 Å². The first-order valence-electron chi connectivity index (χ1n) is 6.85. The highest BCUT2D eigenvalue weighted by molar-refractivity contribution is 7.09. The Bertz CT molecular complexity index is 711. The number of thiazole rings is 1. The first kappa shape index (κ1) is 15.9. The van der Waals surface area contributed by atoms with Crippen molar-refractivity contribution in [1.82, 2.24) is 9.97 Å². The van der Waals surface area contributed by atoms with E-state index < -0.39 is 17.6 Å². The fourth-order valence-electron chi connectivity index (χ4n) is 2.17. The van der Waals surface area contributed by atoms with E-state index in [9.17, 15) is 18.0 Å². The monoisotopic (exact) mass is 343 g/mol. The van der Waals surface area contributed by atoms with Crippen LogP contribution in [0, 0.1) is 0 Å². The van der Waals surface area contributed by atoms with Gasteiger partial charge in [0, 0.05) is 18.2 Å². The number of alkyl halides is 3. The highest BCUT2D eigenvalue weighted by Crippen LogP contribution is 2.31. The van der Waals surface area contributed by atoms with Gasteiger partial charge in [0.2, 0.25) is 0 Å². The number of carbonyl (C=O) groups is 1. The number of ether oxygens (including phenoxy) is 1. The zero-order chi connectivity index (χ0) is 16.4. The van der Waals surface area contributed by atoms with Gasteiger partial charge in [-0.15, -0.1) is 11.3 Å². The molecule has 1 atom stereocenters. The molecule has 122 valence electrons. The van der Waals surface area contributed by atoms with Crippen LogP contribution >= 0.6 is 11.3 Å². The molecule has 2 aromatic heterocycles. The number of hydrogen-bond acceptors (Lipinski definition) is 5. The summed E-state index contributed by atoms with van der Waals surface area (Å²) in [7, 11) is 0. The highest BCUT2D eigenvalue weighted by Gasteiger charge is 2.31. The van der Waals surface area contributed by atoms with Gasteiger partial charge in [-0.3, -0.25) is 4.79 Å². The Morgan fingerprint density at radius 1 is 1.43 bits per heavy atom. The third-order valence-electron chi connectivity index (χ3n) is 3.29. The molecule has 0 radical (unpaired) electrons. The number of pyridine rings is 1. The summed E-state index contributed by atoms with van der Waals surface area (Å²) >= 11 is 1.30. The summed E-state index contributed by atoms with van der Waals surface area (Å²) in [6.07, 6.45) is -1.80. The molecule has 0 aliphatic carbocycles. The van der Waals surface area contributed by atoms with Crippen LogP contribution in [0.3, 0.4) is 0 Å². The molecule has 3 heterocycles. The summed E-state index contributed by atoms with van der Waals surface area (Å²) in [4.78, 5) is 20.0. The van der Waals surface area contributed by atoms with Gasteiger partial charge < -0.3 is 10.1 Å². The van der Waals surface area contributed by atoms with Gasteiger partial charge >= 0.3 is 6.18 Å². The summed E-state index contributed by atoms with van der Waals surface area (Å²) in [5.41, 5.74) is -0.735. The molecule has 0 spiro atoms. The second-order valence-corrected chi connectivity index (χ2v) is 5.84. The third kappa shape index (κ3) is 3.67. The van der Waals surface area contributed by atoms with Crippen molar-refractivity contribution in [3.05, 3.63) is 40.0 Å². The third-order valence-corrected chi connectivity index (χ3v) is 4.23. The van der Waals surface area contributed by atoms with E-state index in [2.05, 4.69) is 15.3 Å². The van der Waals surface area contributed by atoms with Crippen molar-refractivity contribution in [3.63, 3.8) is 0 Å². The van der Waals surface area contributed by atoms with Crippen molar-refractivity contribution in [3.8, 4) is 0 Å². The second-order valence-electron chi connectivity index (χ2n) is 4.95. The van der Waals surface area contributed by atoms with Crippen LogP contribution in [0.5, 0.6) is 0 Å². The van der Waals surface area contributed by atoms with E-state index >= 15 is 0 Å². The number of nitrogens with zero attached hydrogens (tertiary/aromatic N) is 2. The molecule has 0 unspecified atom stereocenters. The molecular formula is C14H12F3N3O2S. The molecule has 2 aromatic rings. The molecule has 1 amide bonds. The summed E-state index contributed by atoms with van der Waals surface area (Å²) in [6.45, 7) is 0.667. The Kier molecular flexibility index (Phi) is 4.31. The summed E-state index contributed by atoms with van der Waals surface area (Å²) in [6, 6.07) is 1.62.